The van der Waals surface area contributed by atoms with Gasteiger partial charge < -0.3 is 25.8 Å². The predicted octanol–water partition coefficient (Wildman–Crippen LogP) is 16.1. The number of anilines is 6. The molecule has 15 aromatic rings. The molecule has 0 saturated heterocycles. The van der Waals surface area contributed by atoms with Crippen molar-refractivity contribution in [1.82, 2.24) is 60.5 Å². The minimum absolute atomic E-state index is 0.0420. The van der Waals surface area contributed by atoms with E-state index in [9.17, 15) is 19.5 Å². The van der Waals surface area contributed by atoms with Crippen molar-refractivity contribution in [1.29, 1.82) is 0 Å². The fourth-order valence-electron chi connectivity index (χ4n) is 11.8. The first-order valence-corrected chi connectivity index (χ1v) is 30.7. The van der Waals surface area contributed by atoms with Gasteiger partial charge in [-0.3, -0.25) is 29.7 Å². The van der Waals surface area contributed by atoms with Gasteiger partial charge in [0.15, 0.2) is 34.3 Å². The number of nitrogens with one attached hydrogen (secondary N) is 6. The fourth-order valence-corrected chi connectivity index (χ4v) is 11.8. The molecule has 6 heterocycles. The molecule has 20 nitrogen and oxygen atoms in total. The van der Waals surface area contributed by atoms with E-state index >= 15 is 0 Å². The lowest BCUT2D eigenvalue weighted by Crippen LogP contribution is -2.07. The topological polar surface area (TPSA) is 280 Å². The van der Waals surface area contributed by atoms with Crippen molar-refractivity contribution in [3.8, 4) is 73.3 Å². The van der Waals surface area contributed by atoms with Crippen LogP contribution in [0.2, 0.25) is 0 Å². The third-order valence-electron chi connectivity index (χ3n) is 16.8. The van der Waals surface area contributed by atoms with E-state index in [-0.39, 0.29) is 35.9 Å². The Morgan fingerprint density at radius 3 is 1.40 bits per heavy atom. The highest BCUT2D eigenvalue weighted by Gasteiger charge is 2.23. The number of nitrogens with zero attached hydrogens (tertiary/aromatic N) is 9. The van der Waals surface area contributed by atoms with Gasteiger partial charge in [-0.2, -0.15) is 15.3 Å². The quantitative estimate of drug-likeness (QED) is 0.0276. The summed E-state index contributed by atoms with van der Waals surface area (Å²) in [5, 5.41) is 46.2. The summed E-state index contributed by atoms with van der Waals surface area (Å²) in [6.45, 7) is 3.51. The Kier molecular flexibility index (Phi) is 15.6. The van der Waals surface area contributed by atoms with E-state index in [1.165, 1.54) is 25.9 Å². The van der Waals surface area contributed by atoms with Crippen LogP contribution in [-0.2, 0) is 12.8 Å². The number of phenolic OH excluding ortho intramolecular Hbond substituents is 1. The number of aromatic hydroxyl groups is 1. The maximum atomic E-state index is 14.7. The lowest BCUT2D eigenvalue weighted by molar-refractivity contribution is 0.0984. The molecular weight excluding hydrogens is 1200 g/mol. The molecule has 6 aromatic heterocycles. The third-order valence-corrected chi connectivity index (χ3v) is 16.8. The van der Waals surface area contributed by atoms with E-state index in [0.29, 0.717) is 113 Å². The van der Waals surface area contributed by atoms with Gasteiger partial charge in [0.05, 0.1) is 21.8 Å². The molecule has 0 aliphatic carbocycles. The highest BCUT2D eigenvalue weighted by atomic mass is 16.5. The molecule has 15 rings (SSSR count). The average molecular weight is 1260 g/mol. The number of carbonyl (C=O) groups is 3. The summed E-state index contributed by atoms with van der Waals surface area (Å²) in [5.74, 6) is 2.43. The number of aromatic amines is 3. The molecule has 9 aromatic carbocycles. The smallest absolute Gasteiger partial charge is 0.167 e. The van der Waals surface area contributed by atoms with Gasteiger partial charge in [0.2, 0.25) is 0 Å². The molecule has 0 radical (unpaired) electrons. The molecule has 0 unspecified atom stereocenters. The van der Waals surface area contributed by atoms with Gasteiger partial charge in [0.25, 0.3) is 0 Å². The van der Waals surface area contributed by atoms with Gasteiger partial charge >= 0.3 is 0 Å². The molecule has 0 aliphatic heterocycles. The second-order valence-electron chi connectivity index (χ2n) is 23.0. The summed E-state index contributed by atoms with van der Waals surface area (Å²) in [6, 6.07) is 66.2. The first kappa shape index (κ1) is 59.0. The van der Waals surface area contributed by atoms with E-state index in [0.717, 1.165) is 55.9 Å². The molecule has 0 bridgehead atoms. The van der Waals surface area contributed by atoms with Crippen LogP contribution in [-0.4, -0.2) is 83.0 Å². The number of hydrogen-bond donors (Lipinski definition) is 7. The van der Waals surface area contributed by atoms with Gasteiger partial charge in [-0.05, 0) is 126 Å². The second kappa shape index (κ2) is 25.4. The van der Waals surface area contributed by atoms with Crippen LogP contribution in [0.3, 0.4) is 0 Å². The minimum Gasteiger partial charge on any atom is -0.506 e. The lowest BCUT2D eigenvalue weighted by Gasteiger charge is -2.17. The van der Waals surface area contributed by atoms with Crippen LogP contribution < -0.4 is 20.7 Å². The molecule has 0 saturated carbocycles. The largest absolute Gasteiger partial charge is 0.506 e. The Bertz CT molecular complexity index is 5480. The van der Waals surface area contributed by atoms with Crippen molar-refractivity contribution < 1.29 is 24.2 Å². The predicted molar refractivity (Wildman–Crippen MR) is 370 cm³/mol. The molecule has 464 valence electrons. The van der Waals surface area contributed by atoms with Crippen LogP contribution in [0.1, 0.15) is 54.7 Å². The maximum absolute atomic E-state index is 14.7. The number of Topliss-reactive ketones (excluding diaryl/α,β-unsaturated/α-hetero) is 3. The summed E-state index contributed by atoms with van der Waals surface area (Å²) in [6.07, 6.45) is 4.54. The number of carbonyl (C=O) groups excluding carboxylic acids is 3. The Labute approximate surface area is 547 Å². The summed E-state index contributed by atoms with van der Waals surface area (Å²) < 4.78 is 6.22. The lowest BCUT2D eigenvalue weighted by atomic mass is 9.93. The minimum atomic E-state index is -0.118. The van der Waals surface area contributed by atoms with E-state index in [4.69, 9.17) is 14.8 Å². The highest BCUT2D eigenvalue weighted by molar-refractivity contribution is 6.06. The van der Waals surface area contributed by atoms with Gasteiger partial charge in [-0.15, -0.1) is 0 Å². The molecule has 0 amide bonds. The Balaban J connectivity index is 0.641. The van der Waals surface area contributed by atoms with Crippen LogP contribution >= 0.6 is 0 Å². The van der Waals surface area contributed by atoms with Crippen molar-refractivity contribution in [3.63, 3.8) is 0 Å². The Hall–Kier alpha value is -13.4. The third kappa shape index (κ3) is 12.0. The van der Waals surface area contributed by atoms with E-state index in [2.05, 4.69) is 72.4 Å². The van der Waals surface area contributed by atoms with Crippen LogP contribution in [0.25, 0.3) is 89.1 Å². The zero-order chi connectivity index (χ0) is 65.2. The molecule has 0 aliphatic rings. The van der Waals surface area contributed by atoms with E-state index in [1.807, 2.05) is 183 Å². The molecule has 0 fully saturated rings. The number of aromatic nitrogens is 12. The average Bonchev–Trinajstić information content (AvgIpc) is 1.52. The zero-order valence-corrected chi connectivity index (χ0v) is 51.5. The molecule has 0 atom stereocenters. The van der Waals surface area contributed by atoms with Gasteiger partial charge in [-0.25, -0.2) is 29.9 Å². The normalized spacial score (nSPS) is 11.3. The van der Waals surface area contributed by atoms with Crippen LogP contribution in [0.15, 0.2) is 231 Å². The zero-order valence-electron chi connectivity index (χ0n) is 51.5. The summed E-state index contributed by atoms with van der Waals surface area (Å²) in [7, 11) is 0. The van der Waals surface area contributed by atoms with Crippen LogP contribution in [0.4, 0.5) is 34.5 Å². The SMILES string of the molecule is CC(=O)c1cccc(-c2n[nH]c3ncnc(Nc4ccc(Oc5ccc(CC(=O)c6cccc(-c7n[nH]c8ncnc(Nc9cc(-c%10ccccc%10)cc(CC(=O)c%10cccc(-c%11n[nH]c%12ncnc(Nc%13cc(-c%14ccccc%14)ccc%13O)c%11%12)c%10)c9C)c78)c6)cc5)cc4)c23)c1. The Morgan fingerprint density at radius 2 is 0.865 bits per heavy atom. The van der Waals surface area contributed by atoms with Crippen molar-refractivity contribution >= 4 is 85.0 Å². The number of benzene rings is 9. The summed E-state index contributed by atoms with van der Waals surface area (Å²) >= 11 is 0. The number of H-pyrrole nitrogens is 3. The fraction of sp³-hybridized carbons (Fsp3) is 0.0526. The van der Waals surface area contributed by atoms with E-state index in [1.54, 1.807) is 30.3 Å². The first-order valence-electron chi connectivity index (χ1n) is 30.7. The van der Waals surface area contributed by atoms with Gasteiger partial charge in [-0.1, -0.05) is 140 Å². The number of rotatable bonds is 20. The first-order chi connectivity index (χ1) is 47.0. The molecule has 0 spiro atoms. The molecule has 96 heavy (non-hydrogen) atoms. The van der Waals surface area contributed by atoms with Crippen molar-refractivity contribution in [3.05, 3.63) is 265 Å². The second-order valence-corrected chi connectivity index (χ2v) is 23.0. The van der Waals surface area contributed by atoms with Crippen molar-refractivity contribution in [2.75, 3.05) is 16.0 Å². The molecule has 7 N–H and O–H groups in total. The Morgan fingerprint density at radius 1 is 0.417 bits per heavy atom. The van der Waals surface area contributed by atoms with Gasteiger partial charge in [0.1, 0.15) is 70.8 Å². The monoisotopic (exact) mass is 1260 g/mol. The standard InChI is InChI=1S/C76H55N15O5/c1-43-55(39-64(95)51-18-11-21-54(35-51)70-67-73(79-42-82-76(67)91-88-70)85-61-37-49(24-31-62(61)93)46-12-5-3-6-13-46)36-56(47-14-7-4-8-15-47)38-60(43)84-72-66-69(87-90-75(66)81-41-78-72)53-20-10-17-50(34-53)63(94)32-45-22-27-58(28-23-45)96-59-29-25-57(26-30-59)83-71-65-68(86-89-74(65)80-40-77-71)52-19-9-16-48(33-52)44(2)92/h3-31,33-38,40-42,93H,32,39H2,1-2H3,(H2,77,80,83,86,89)(H2,78,81,84,87,90)(H2,79,82,85,88,91). The molecular formula is C76H55N15O5. The van der Waals surface area contributed by atoms with E-state index < -0.39 is 0 Å². The number of hydrogen-bond acceptors (Lipinski definition) is 17. The summed E-state index contributed by atoms with van der Waals surface area (Å²) in [5.41, 5.74) is 15.0. The van der Waals surface area contributed by atoms with Crippen LogP contribution in [0.5, 0.6) is 17.2 Å². The number of ketones is 3. The number of phenols is 1. The highest BCUT2D eigenvalue weighted by Crippen LogP contribution is 2.40. The number of fused-ring (bicyclic) bond motifs is 3. The van der Waals surface area contributed by atoms with Crippen LogP contribution in [0, 0.1) is 6.92 Å². The number of ether oxygens (including phenoxy) is 1. The van der Waals surface area contributed by atoms with Gasteiger partial charge in [0, 0.05) is 57.6 Å². The maximum Gasteiger partial charge on any atom is 0.167 e. The summed E-state index contributed by atoms with van der Waals surface area (Å²) in [4.78, 5) is 68.1. The molecule has 20 heteroatoms. The van der Waals surface area contributed by atoms with Crippen molar-refractivity contribution in [2.45, 2.75) is 26.7 Å². The van der Waals surface area contributed by atoms with Crippen molar-refractivity contribution in [2.24, 2.45) is 0 Å².